The molecule has 1 fully saturated rings. The Morgan fingerprint density at radius 1 is 1.00 bits per heavy atom. The zero-order valence-corrected chi connectivity index (χ0v) is 20.3. The minimum Gasteiger partial charge on any atom is -0.355 e. The summed E-state index contributed by atoms with van der Waals surface area (Å²) in [5.41, 5.74) is 2.21. The lowest BCUT2D eigenvalue weighted by Gasteiger charge is -2.31. The van der Waals surface area contributed by atoms with Gasteiger partial charge in [-0.2, -0.15) is 11.8 Å². The molecule has 2 aromatic rings. The molecule has 30 heavy (non-hydrogen) atoms. The zero-order valence-electron chi connectivity index (χ0n) is 16.5. The van der Waals surface area contributed by atoms with E-state index in [1.165, 1.54) is 0 Å². The van der Waals surface area contributed by atoms with Crippen LogP contribution in [0.4, 0.5) is 0 Å². The predicted molar refractivity (Wildman–Crippen MR) is 130 cm³/mol. The van der Waals surface area contributed by atoms with Gasteiger partial charge in [0.15, 0.2) is 0 Å². The van der Waals surface area contributed by atoms with E-state index in [0.717, 1.165) is 55.1 Å². The third-order valence-electron chi connectivity index (χ3n) is 5.17. The molecule has 0 spiro atoms. The van der Waals surface area contributed by atoms with Crippen LogP contribution in [0.2, 0.25) is 20.1 Å². The van der Waals surface area contributed by atoms with Crippen LogP contribution in [0.3, 0.4) is 0 Å². The first-order chi connectivity index (χ1) is 14.4. The third-order valence-corrected chi connectivity index (χ3v) is 7.52. The minimum atomic E-state index is 0.0852. The smallest absolute Gasteiger partial charge is 0.223 e. The van der Waals surface area contributed by atoms with E-state index in [-0.39, 0.29) is 11.8 Å². The van der Waals surface area contributed by atoms with Gasteiger partial charge in [-0.05, 0) is 61.3 Å². The highest BCUT2D eigenvalue weighted by Crippen LogP contribution is 2.26. The highest BCUT2D eigenvalue weighted by molar-refractivity contribution is 7.98. The van der Waals surface area contributed by atoms with Crippen molar-refractivity contribution in [3.05, 3.63) is 67.6 Å². The van der Waals surface area contributed by atoms with Crippen molar-refractivity contribution >= 4 is 64.1 Å². The Morgan fingerprint density at radius 2 is 1.77 bits per heavy atom. The predicted octanol–water partition coefficient (Wildman–Crippen LogP) is 6.56. The summed E-state index contributed by atoms with van der Waals surface area (Å²) < 4.78 is 0. The topological polar surface area (TPSA) is 32.3 Å². The number of hydrogen-bond acceptors (Lipinski definition) is 3. The first kappa shape index (κ1) is 24.0. The van der Waals surface area contributed by atoms with Crippen molar-refractivity contribution in [2.24, 2.45) is 5.92 Å². The Labute approximate surface area is 202 Å². The van der Waals surface area contributed by atoms with Gasteiger partial charge < -0.3 is 5.32 Å². The Hall–Kier alpha value is -0.620. The van der Waals surface area contributed by atoms with Crippen LogP contribution in [0.15, 0.2) is 36.4 Å². The Morgan fingerprint density at radius 3 is 2.47 bits per heavy atom. The summed E-state index contributed by atoms with van der Waals surface area (Å²) in [6.07, 6.45) is 1.74. The molecule has 8 heteroatoms. The summed E-state index contributed by atoms with van der Waals surface area (Å²) in [6.45, 7) is 3.24. The molecule has 0 aliphatic carbocycles. The number of nitrogens with zero attached hydrogens (tertiary/aromatic N) is 1. The second-order valence-corrected chi connectivity index (χ2v) is 10.1. The van der Waals surface area contributed by atoms with Crippen LogP contribution in [0.5, 0.6) is 0 Å². The van der Waals surface area contributed by atoms with E-state index in [2.05, 4.69) is 10.2 Å². The van der Waals surface area contributed by atoms with Crippen molar-refractivity contribution in [2.45, 2.75) is 25.1 Å². The Balaban J connectivity index is 1.32. The van der Waals surface area contributed by atoms with Crippen LogP contribution in [0, 0.1) is 5.92 Å². The van der Waals surface area contributed by atoms with Crippen LogP contribution in [0.1, 0.15) is 24.0 Å². The molecule has 1 amide bonds. The molecule has 0 saturated carbocycles. The van der Waals surface area contributed by atoms with Crippen LogP contribution < -0.4 is 5.32 Å². The fourth-order valence-electron chi connectivity index (χ4n) is 3.45. The first-order valence-electron chi connectivity index (χ1n) is 9.88. The molecule has 0 unspecified atom stereocenters. The van der Waals surface area contributed by atoms with Crippen molar-refractivity contribution in [1.82, 2.24) is 10.2 Å². The number of amides is 1. The van der Waals surface area contributed by atoms with Gasteiger partial charge in [-0.25, -0.2) is 0 Å². The summed E-state index contributed by atoms with van der Waals surface area (Å²) in [4.78, 5) is 14.8. The summed E-state index contributed by atoms with van der Waals surface area (Å²) in [5, 5.41) is 5.57. The molecule has 1 saturated heterocycles. The summed E-state index contributed by atoms with van der Waals surface area (Å²) >= 11 is 26.0. The molecule has 162 valence electrons. The Bertz CT molecular complexity index is 872. The number of rotatable bonds is 8. The minimum absolute atomic E-state index is 0.0852. The largest absolute Gasteiger partial charge is 0.355 e. The van der Waals surface area contributed by atoms with E-state index >= 15 is 0 Å². The van der Waals surface area contributed by atoms with E-state index in [1.807, 2.05) is 30.3 Å². The molecule has 1 aliphatic rings. The quantitative estimate of drug-likeness (QED) is 0.412. The van der Waals surface area contributed by atoms with Crippen molar-refractivity contribution < 1.29 is 4.79 Å². The second-order valence-electron chi connectivity index (χ2n) is 7.38. The van der Waals surface area contributed by atoms with Gasteiger partial charge in [0.1, 0.15) is 0 Å². The van der Waals surface area contributed by atoms with Crippen molar-refractivity contribution in [2.75, 3.05) is 25.4 Å². The normalized spacial score (nSPS) is 15.3. The number of nitrogens with one attached hydrogen (secondary N) is 1. The number of hydrogen-bond donors (Lipinski definition) is 1. The van der Waals surface area contributed by atoms with Gasteiger partial charge in [-0.1, -0.05) is 58.5 Å². The van der Waals surface area contributed by atoms with Crippen molar-refractivity contribution in [3.8, 4) is 0 Å². The molecule has 2 aromatic carbocycles. The van der Waals surface area contributed by atoms with Gasteiger partial charge in [-0.3, -0.25) is 9.69 Å². The highest BCUT2D eigenvalue weighted by atomic mass is 35.5. The van der Waals surface area contributed by atoms with E-state index in [9.17, 15) is 4.79 Å². The number of carbonyl (C=O) groups is 1. The standard InChI is InChI=1S/C22H24Cl4N2OS/c23-18-3-2-17(20(25)12-18)13-28-8-5-16(6-9-28)22(29)27-7-10-30-14-15-1-4-19(24)21(26)11-15/h1-4,11-12,16H,5-10,13-14H2,(H,27,29). The summed E-state index contributed by atoms with van der Waals surface area (Å²) in [6, 6.07) is 11.3. The molecule has 0 aromatic heterocycles. The van der Waals surface area contributed by atoms with Gasteiger partial charge in [0.2, 0.25) is 5.91 Å². The number of halogens is 4. The molecular formula is C22H24Cl4N2OS. The van der Waals surface area contributed by atoms with Crippen LogP contribution in [0.25, 0.3) is 0 Å². The van der Waals surface area contributed by atoms with Gasteiger partial charge in [-0.15, -0.1) is 0 Å². The molecule has 0 radical (unpaired) electrons. The molecular weight excluding hydrogens is 482 g/mol. The SMILES string of the molecule is O=C(NCCSCc1ccc(Cl)c(Cl)c1)C1CCN(Cc2ccc(Cl)cc2Cl)CC1. The molecule has 1 aliphatic heterocycles. The molecule has 3 rings (SSSR count). The van der Waals surface area contributed by atoms with E-state index < -0.39 is 0 Å². The maximum Gasteiger partial charge on any atom is 0.223 e. The zero-order chi connectivity index (χ0) is 21.5. The number of likely N-dealkylation sites (tertiary alicyclic amines) is 1. The van der Waals surface area contributed by atoms with Gasteiger partial charge in [0, 0.05) is 40.6 Å². The molecule has 0 bridgehead atoms. The first-order valence-corrected chi connectivity index (χ1v) is 12.5. The maximum atomic E-state index is 12.5. The summed E-state index contributed by atoms with van der Waals surface area (Å²) in [5.74, 6) is 1.95. The number of piperidine rings is 1. The van der Waals surface area contributed by atoms with Gasteiger partial charge >= 0.3 is 0 Å². The monoisotopic (exact) mass is 504 g/mol. The lowest BCUT2D eigenvalue weighted by Crippen LogP contribution is -2.40. The van der Waals surface area contributed by atoms with E-state index in [0.29, 0.717) is 26.6 Å². The fraction of sp³-hybridized carbons (Fsp3) is 0.409. The second kappa shape index (κ2) is 11.8. The lowest BCUT2D eigenvalue weighted by atomic mass is 9.95. The Kier molecular flexibility index (Phi) is 9.49. The third kappa shape index (κ3) is 7.22. The average molecular weight is 506 g/mol. The molecule has 1 heterocycles. The van der Waals surface area contributed by atoms with Crippen LogP contribution in [-0.2, 0) is 17.1 Å². The average Bonchev–Trinajstić information content (AvgIpc) is 2.73. The molecule has 0 atom stereocenters. The van der Waals surface area contributed by atoms with E-state index in [4.69, 9.17) is 46.4 Å². The van der Waals surface area contributed by atoms with Crippen molar-refractivity contribution in [3.63, 3.8) is 0 Å². The maximum absolute atomic E-state index is 12.5. The van der Waals surface area contributed by atoms with Crippen LogP contribution in [-0.4, -0.2) is 36.2 Å². The number of benzene rings is 2. The summed E-state index contributed by atoms with van der Waals surface area (Å²) in [7, 11) is 0. The van der Waals surface area contributed by atoms with Crippen molar-refractivity contribution in [1.29, 1.82) is 0 Å². The van der Waals surface area contributed by atoms with Crippen LogP contribution >= 0.6 is 58.2 Å². The number of thioether (sulfide) groups is 1. The number of carbonyl (C=O) groups excluding carboxylic acids is 1. The van der Waals surface area contributed by atoms with Gasteiger partial charge in [0.05, 0.1) is 10.0 Å². The van der Waals surface area contributed by atoms with Gasteiger partial charge in [0.25, 0.3) is 0 Å². The highest BCUT2D eigenvalue weighted by Gasteiger charge is 2.25. The van der Waals surface area contributed by atoms with E-state index in [1.54, 1.807) is 17.8 Å². The molecule has 3 nitrogen and oxygen atoms in total. The lowest BCUT2D eigenvalue weighted by molar-refractivity contribution is -0.126. The fourth-order valence-corrected chi connectivity index (χ4v) is 5.05. The molecule has 1 N–H and O–H groups in total.